The Hall–Kier alpha value is -0.870. The van der Waals surface area contributed by atoms with Crippen molar-refractivity contribution in [3.8, 4) is 0 Å². The van der Waals surface area contributed by atoms with Crippen LogP contribution in [-0.2, 0) is 6.54 Å². The minimum absolute atomic E-state index is 0.606. The summed E-state index contributed by atoms with van der Waals surface area (Å²) in [6.07, 6.45) is 6.12. The molecule has 2 rings (SSSR count). The van der Waals surface area contributed by atoms with E-state index in [1.807, 2.05) is 6.20 Å². The zero-order valence-corrected chi connectivity index (χ0v) is 8.59. The SMILES string of the molecule is CC1CCC(NCc2cnc[nH]2)CN1. The minimum atomic E-state index is 0.606. The highest BCUT2D eigenvalue weighted by molar-refractivity contribution is 4.94. The summed E-state index contributed by atoms with van der Waals surface area (Å²) in [5, 5.41) is 6.98. The quantitative estimate of drug-likeness (QED) is 0.662. The molecule has 14 heavy (non-hydrogen) atoms. The van der Waals surface area contributed by atoms with E-state index in [0.29, 0.717) is 12.1 Å². The fraction of sp³-hybridized carbons (Fsp3) is 0.700. The summed E-state index contributed by atoms with van der Waals surface area (Å²) in [6.45, 7) is 4.21. The first-order chi connectivity index (χ1) is 6.84. The van der Waals surface area contributed by atoms with Crippen LogP contribution >= 0.6 is 0 Å². The van der Waals surface area contributed by atoms with Gasteiger partial charge in [-0.15, -0.1) is 0 Å². The highest BCUT2D eigenvalue weighted by Gasteiger charge is 2.16. The molecule has 0 spiro atoms. The van der Waals surface area contributed by atoms with E-state index >= 15 is 0 Å². The van der Waals surface area contributed by atoms with Crippen LogP contribution < -0.4 is 10.6 Å². The molecule has 0 radical (unpaired) electrons. The summed E-state index contributed by atoms with van der Waals surface area (Å²) in [4.78, 5) is 7.08. The summed E-state index contributed by atoms with van der Waals surface area (Å²) in [5.74, 6) is 0. The Balaban J connectivity index is 1.71. The van der Waals surface area contributed by atoms with Crippen LogP contribution in [-0.4, -0.2) is 28.6 Å². The van der Waals surface area contributed by atoms with Gasteiger partial charge in [-0.2, -0.15) is 0 Å². The first kappa shape index (κ1) is 9.68. The van der Waals surface area contributed by atoms with Gasteiger partial charge in [-0.1, -0.05) is 0 Å². The predicted molar refractivity (Wildman–Crippen MR) is 55.9 cm³/mol. The third-order valence-corrected chi connectivity index (χ3v) is 2.80. The average molecular weight is 194 g/mol. The second-order valence-corrected chi connectivity index (χ2v) is 4.04. The number of aromatic amines is 1. The average Bonchev–Trinajstić information content (AvgIpc) is 2.70. The highest BCUT2D eigenvalue weighted by atomic mass is 15.0. The predicted octanol–water partition coefficient (Wildman–Crippen LogP) is 0.640. The van der Waals surface area contributed by atoms with Crippen LogP contribution in [0.25, 0.3) is 0 Å². The molecule has 4 heteroatoms. The molecule has 1 fully saturated rings. The lowest BCUT2D eigenvalue weighted by atomic mass is 10.0. The van der Waals surface area contributed by atoms with E-state index < -0.39 is 0 Å². The van der Waals surface area contributed by atoms with E-state index in [1.54, 1.807) is 6.33 Å². The van der Waals surface area contributed by atoms with Crippen LogP contribution in [0.4, 0.5) is 0 Å². The number of imidazole rings is 1. The monoisotopic (exact) mass is 194 g/mol. The number of nitrogens with one attached hydrogen (secondary N) is 3. The van der Waals surface area contributed by atoms with Gasteiger partial charge in [-0.25, -0.2) is 4.98 Å². The second-order valence-electron chi connectivity index (χ2n) is 4.04. The first-order valence-electron chi connectivity index (χ1n) is 5.28. The Morgan fingerprint density at radius 2 is 2.50 bits per heavy atom. The van der Waals surface area contributed by atoms with Crippen LogP contribution in [0, 0.1) is 0 Å². The van der Waals surface area contributed by atoms with Crippen molar-refractivity contribution in [2.75, 3.05) is 6.54 Å². The lowest BCUT2D eigenvalue weighted by Gasteiger charge is -2.28. The topological polar surface area (TPSA) is 52.7 Å². The molecule has 1 aliphatic rings. The van der Waals surface area contributed by atoms with Gasteiger partial charge >= 0.3 is 0 Å². The van der Waals surface area contributed by atoms with E-state index in [2.05, 4.69) is 27.5 Å². The summed E-state index contributed by atoms with van der Waals surface area (Å²) < 4.78 is 0. The molecule has 0 aliphatic carbocycles. The van der Waals surface area contributed by atoms with Gasteiger partial charge in [0.2, 0.25) is 0 Å². The molecule has 2 unspecified atom stereocenters. The Morgan fingerprint density at radius 1 is 1.57 bits per heavy atom. The first-order valence-corrected chi connectivity index (χ1v) is 5.28. The van der Waals surface area contributed by atoms with Crippen molar-refractivity contribution >= 4 is 0 Å². The van der Waals surface area contributed by atoms with Crippen LogP contribution in [0.5, 0.6) is 0 Å². The Morgan fingerprint density at radius 3 is 3.14 bits per heavy atom. The number of rotatable bonds is 3. The molecular weight excluding hydrogens is 176 g/mol. The zero-order valence-electron chi connectivity index (χ0n) is 8.59. The number of hydrogen-bond donors (Lipinski definition) is 3. The molecule has 4 nitrogen and oxygen atoms in total. The van der Waals surface area contributed by atoms with E-state index in [0.717, 1.165) is 18.8 Å². The molecule has 0 saturated carbocycles. The van der Waals surface area contributed by atoms with Gasteiger partial charge in [-0.05, 0) is 19.8 Å². The molecule has 0 amide bonds. The maximum Gasteiger partial charge on any atom is 0.0922 e. The summed E-state index contributed by atoms with van der Waals surface area (Å²) in [5.41, 5.74) is 1.16. The lowest BCUT2D eigenvalue weighted by molar-refractivity contribution is 0.337. The third-order valence-electron chi connectivity index (χ3n) is 2.80. The van der Waals surface area contributed by atoms with Crippen molar-refractivity contribution in [2.45, 2.75) is 38.4 Å². The normalized spacial score (nSPS) is 27.8. The second kappa shape index (κ2) is 4.57. The molecule has 3 N–H and O–H groups in total. The third kappa shape index (κ3) is 2.56. The van der Waals surface area contributed by atoms with E-state index in [4.69, 9.17) is 0 Å². The van der Waals surface area contributed by atoms with E-state index in [1.165, 1.54) is 12.8 Å². The fourth-order valence-electron chi connectivity index (χ4n) is 1.81. The van der Waals surface area contributed by atoms with Crippen LogP contribution in [0.3, 0.4) is 0 Å². The lowest BCUT2D eigenvalue weighted by Crippen LogP contribution is -2.46. The maximum absolute atomic E-state index is 3.99. The van der Waals surface area contributed by atoms with Gasteiger partial charge in [0.25, 0.3) is 0 Å². The largest absolute Gasteiger partial charge is 0.347 e. The standard InChI is InChI=1S/C10H18N4/c1-8-2-3-9(5-12-8)13-6-10-4-11-7-14-10/h4,7-9,12-13H,2-3,5-6H2,1H3,(H,11,14). The highest BCUT2D eigenvalue weighted by Crippen LogP contribution is 2.07. The van der Waals surface area contributed by atoms with Crippen molar-refractivity contribution < 1.29 is 0 Å². The Bertz CT molecular complexity index is 249. The van der Waals surface area contributed by atoms with E-state index in [-0.39, 0.29) is 0 Å². The Kier molecular flexibility index (Phi) is 3.16. The Labute approximate surface area is 84.5 Å². The summed E-state index contributed by atoms with van der Waals surface area (Å²) >= 11 is 0. The molecule has 1 aromatic heterocycles. The fourth-order valence-corrected chi connectivity index (χ4v) is 1.81. The van der Waals surface area contributed by atoms with Gasteiger partial charge in [0.15, 0.2) is 0 Å². The van der Waals surface area contributed by atoms with Crippen molar-refractivity contribution in [3.63, 3.8) is 0 Å². The van der Waals surface area contributed by atoms with Crippen LogP contribution in [0.15, 0.2) is 12.5 Å². The number of nitrogens with zero attached hydrogens (tertiary/aromatic N) is 1. The number of aromatic nitrogens is 2. The zero-order chi connectivity index (χ0) is 9.80. The molecule has 2 heterocycles. The molecule has 0 bridgehead atoms. The molecule has 2 atom stereocenters. The van der Waals surface area contributed by atoms with E-state index in [9.17, 15) is 0 Å². The van der Waals surface area contributed by atoms with Gasteiger partial charge in [0.1, 0.15) is 0 Å². The van der Waals surface area contributed by atoms with Crippen molar-refractivity contribution in [1.29, 1.82) is 0 Å². The number of hydrogen-bond acceptors (Lipinski definition) is 3. The van der Waals surface area contributed by atoms with Gasteiger partial charge in [0.05, 0.1) is 6.33 Å². The maximum atomic E-state index is 3.99. The smallest absolute Gasteiger partial charge is 0.0922 e. The summed E-state index contributed by atoms with van der Waals surface area (Å²) in [6, 6.07) is 1.29. The minimum Gasteiger partial charge on any atom is -0.347 e. The number of piperidine rings is 1. The number of H-pyrrole nitrogens is 1. The molecule has 1 aromatic rings. The molecular formula is C10H18N4. The van der Waals surface area contributed by atoms with Gasteiger partial charge in [0, 0.05) is 37.1 Å². The molecule has 1 aliphatic heterocycles. The van der Waals surface area contributed by atoms with Crippen LogP contribution in [0.2, 0.25) is 0 Å². The van der Waals surface area contributed by atoms with Crippen LogP contribution in [0.1, 0.15) is 25.5 Å². The van der Waals surface area contributed by atoms with Crippen molar-refractivity contribution in [1.82, 2.24) is 20.6 Å². The molecule has 0 aromatic carbocycles. The molecule has 1 saturated heterocycles. The van der Waals surface area contributed by atoms with Crippen molar-refractivity contribution in [3.05, 3.63) is 18.2 Å². The van der Waals surface area contributed by atoms with Gasteiger partial charge in [-0.3, -0.25) is 0 Å². The summed E-state index contributed by atoms with van der Waals surface area (Å²) in [7, 11) is 0. The van der Waals surface area contributed by atoms with Gasteiger partial charge < -0.3 is 15.6 Å². The van der Waals surface area contributed by atoms with Crippen molar-refractivity contribution in [2.24, 2.45) is 0 Å². The molecule has 78 valence electrons.